The lowest BCUT2D eigenvalue weighted by atomic mass is 10.1. The summed E-state index contributed by atoms with van der Waals surface area (Å²) < 4.78 is 5.39. The number of hydrogen-bond donors (Lipinski definition) is 1. The Balaban J connectivity index is 2.93. The molecule has 0 aliphatic rings. The molecule has 0 bridgehead atoms. The Kier molecular flexibility index (Phi) is 4.48. The fourth-order valence-electron chi connectivity index (χ4n) is 1.31. The molecule has 0 saturated carbocycles. The summed E-state index contributed by atoms with van der Waals surface area (Å²) >= 11 is 6.07. The summed E-state index contributed by atoms with van der Waals surface area (Å²) in [6.07, 6.45) is 5.81. The average Bonchev–Trinajstić information content (AvgIpc) is 2.18. The summed E-state index contributed by atoms with van der Waals surface area (Å²) in [5, 5.41) is 0.668. The molecule has 0 aromatic heterocycles. The van der Waals surface area contributed by atoms with Crippen molar-refractivity contribution in [2.75, 3.05) is 6.61 Å². The van der Waals surface area contributed by atoms with Crippen LogP contribution in [-0.2, 0) is 6.42 Å². The Bertz CT molecular complexity index is 368. The van der Waals surface area contributed by atoms with Crippen molar-refractivity contribution in [3.05, 3.63) is 28.8 Å². The maximum Gasteiger partial charge on any atom is 0.148 e. The van der Waals surface area contributed by atoms with E-state index in [2.05, 4.69) is 5.92 Å². The van der Waals surface area contributed by atoms with Gasteiger partial charge in [0.2, 0.25) is 0 Å². The number of rotatable bonds is 4. The smallest absolute Gasteiger partial charge is 0.148 e. The summed E-state index contributed by atoms with van der Waals surface area (Å²) in [6, 6.07) is 5.54. The van der Waals surface area contributed by atoms with E-state index in [1.54, 1.807) is 0 Å². The van der Waals surface area contributed by atoms with E-state index < -0.39 is 0 Å². The fourth-order valence-corrected chi connectivity index (χ4v) is 1.56. The van der Waals surface area contributed by atoms with Gasteiger partial charge in [-0.25, -0.2) is 0 Å². The molecule has 0 radical (unpaired) electrons. The van der Waals surface area contributed by atoms with Crippen LogP contribution < -0.4 is 10.5 Å². The number of halogens is 1. The molecular formula is C12H14ClNO. The maximum atomic E-state index is 6.07. The minimum Gasteiger partial charge on any atom is -0.481 e. The topological polar surface area (TPSA) is 35.2 Å². The van der Waals surface area contributed by atoms with Crippen LogP contribution in [0.1, 0.15) is 12.5 Å². The monoisotopic (exact) mass is 223 g/mol. The zero-order valence-corrected chi connectivity index (χ0v) is 9.42. The molecule has 0 amide bonds. The highest BCUT2D eigenvalue weighted by Gasteiger charge is 2.09. The van der Waals surface area contributed by atoms with E-state index in [-0.39, 0.29) is 12.6 Å². The van der Waals surface area contributed by atoms with E-state index >= 15 is 0 Å². The van der Waals surface area contributed by atoms with Crippen LogP contribution in [0.4, 0.5) is 0 Å². The molecule has 1 atom stereocenters. The lowest BCUT2D eigenvalue weighted by Crippen LogP contribution is -2.18. The highest BCUT2D eigenvalue weighted by molar-refractivity contribution is 6.31. The summed E-state index contributed by atoms with van der Waals surface area (Å²) in [6.45, 7) is 2.17. The van der Waals surface area contributed by atoms with Gasteiger partial charge in [-0.2, -0.15) is 0 Å². The Hall–Kier alpha value is -1.17. The number of terminal acetylenes is 1. The summed E-state index contributed by atoms with van der Waals surface area (Å²) in [5.74, 6) is 3.14. The molecule has 1 unspecified atom stereocenters. The molecule has 0 fully saturated rings. The summed E-state index contributed by atoms with van der Waals surface area (Å²) in [4.78, 5) is 0. The van der Waals surface area contributed by atoms with Crippen molar-refractivity contribution in [2.24, 2.45) is 5.73 Å². The highest BCUT2D eigenvalue weighted by atomic mass is 35.5. The fraction of sp³-hybridized carbons (Fsp3) is 0.333. The predicted octanol–water partition coefficient (Wildman–Crippen LogP) is 2.24. The SMILES string of the molecule is C#CCOc1cccc(Cl)c1CC(C)N. The molecular weight excluding hydrogens is 210 g/mol. The molecule has 2 N–H and O–H groups in total. The van der Waals surface area contributed by atoms with E-state index in [0.717, 1.165) is 11.3 Å². The first kappa shape index (κ1) is 11.9. The maximum absolute atomic E-state index is 6.07. The van der Waals surface area contributed by atoms with Gasteiger partial charge >= 0.3 is 0 Å². The van der Waals surface area contributed by atoms with Gasteiger partial charge < -0.3 is 10.5 Å². The Labute approximate surface area is 95.4 Å². The molecule has 0 heterocycles. The Morgan fingerprint density at radius 3 is 2.93 bits per heavy atom. The Morgan fingerprint density at radius 2 is 2.33 bits per heavy atom. The second-order valence-corrected chi connectivity index (χ2v) is 3.80. The van der Waals surface area contributed by atoms with Crippen LogP contribution in [0.3, 0.4) is 0 Å². The van der Waals surface area contributed by atoms with Crippen molar-refractivity contribution in [1.82, 2.24) is 0 Å². The van der Waals surface area contributed by atoms with Crippen LogP contribution in [-0.4, -0.2) is 12.6 Å². The summed E-state index contributed by atoms with van der Waals surface area (Å²) in [7, 11) is 0. The molecule has 0 saturated heterocycles. The van der Waals surface area contributed by atoms with Crippen LogP contribution in [0.2, 0.25) is 5.02 Å². The molecule has 1 aromatic rings. The zero-order chi connectivity index (χ0) is 11.3. The van der Waals surface area contributed by atoms with Crippen LogP contribution in [0.5, 0.6) is 5.75 Å². The second-order valence-electron chi connectivity index (χ2n) is 3.39. The minimum atomic E-state index is 0.0399. The van der Waals surface area contributed by atoms with E-state index in [9.17, 15) is 0 Å². The molecule has 0 aliphatic carbocycles. The van der Waals surface area contributed by atoms with Crippen molar-refractivity contribution >= 4 is 11.6 Å². The number of benzene rings is 1. The third-order valence-electron chi connectivity index (χ3n) is 1.91. The molecule has 0 spiro atoms. The first-order valence-electron chi connectivity index (χ1n) is 4.74. The van der Waals surface area contributed by atoms with Gasteiger partial charge in [-0.05, 0) is 25.5 Å². The number of nitrogens with two attached hydrogens (primary N) is 1. The predicted molar refractivity (Wildman–Crippen MR) is 63.1 cm³/mol. The molecule has 15 heavy (non-hydrogen) atoms. The Morgan fingerprint density at radius 1 is 1.60 bits per heavy atom. The van der Waals surface area contributed by atoms with Crippen LogP contribution in [0.15, 0.2) is 18.2 Å². The molecule has 1 aromatic carbocycles. The third-order valence-corrected chi connectivity index (χ3v) is 2.27. The van der Waals surface area contributed by atoms with Crippen molar-refractivity contribution in [3.8, 4) is 18.1 Å². The van der Waals surface area contributed by atoms with Gasteiger partial charge in [0.1, 0.15) is 12.4 Å². The van der Waals surface area contributed by atoms with E-state index in [0.29, 0.717) is 11.4 Å². The average molecular weight is 224 g/mol. The molecule has 0 aliphatic heterocycles. The lowest BCUT2D eigenvalue weighted by molar-refractivity contribution is 0.365. The molecule has 80 valence electrons. The standard InChI is InChI=1S/C12H14ClNO/c1-3-7-15-12-6-4-5-11(13)10(12)8-9(2)14/h1,4-6,9H,7-8,14H2,2H3. The van der Waals surface area contributed by atoms with Gasteiger partial charge in [-0.3, -0.25) is 0 Å². The van der Waals surface area contributed by atoms with Crippen LogP contribution in [0, 0.1) is 12.3 Å². The van der Waals surface area contributed by atoms with Crippen molar-refractivity contribution in [2.45, 2.75) is 19.4 Å². The van der Waals surface area contributed by atoms with Gasteiger partial charge in [0.15, 0.2) is 0 Å². The molecule has 3 heteroatoms. The van der Waals surface area contributed by atoms with Gasteiger partial charge in [-0.15, -0.1) is 6.42 Å². The largest absolute Gasteiger partial charge is 0.481 e. The normalized spacial score (nSPS) is 11.9. The van der Waals surface area contributed by atoms with E-state index in [4.69, 9.17) is 28.5 Å². The second kappa shape index (κ2) is 5.65. The molecule has 2 nitrogen and oxygen atoms in total. The van der Waals surface area contributed by atoms with E-state index in [1.807, 2.05) is 25.1 Å². The van der Waals surface area contributed by atoms with Gasteiger partial charge in [-0.1, -0.05) is 23.6 Å². The van der Waals surface area contributed by atoms with Gasteiger partial charge in [0.05, 0.1) is 0 Å². The number of hydrogen-bond acceptors (Lipinski definition) is 2. The minimum absolute atomic E-state index is 0.0399. The van der Waals surface area contributed by atoms with E-state index in [1.165, 1.54) is 0 Å². The summed E-state index contributed by atoms with van der Waals surface area (Å²) in [5.41, 5.74) is 6.66. The van der Waals surface area contributed by atoms with Crippen LogP contribution in [0.25, 0.3) is 0 Å². The highest BCUT2D eigenvalue weighted by Crippen LogP contribution is 2.27. The first-order valence-corrected chi connectivity index (χ1v) is 5.12. The quantitative estimate of drug-likeness (QED) is 0.795. The van der Waals surface area contributed by atoms with Crippen LogP contribution >= 0.6 is 11.6 Å². The van der Waals surface area contributed by atoms with Gasteiger partial charge in [0.25, 0.3) is 0 Å². The van der Waals surface area contributed by atoms with Gasteiger partial charge in [0, 0.05) is 16.6 Å². The van der Waals surface area contributed by atoms with Crippen molar-refractivity contribution in [3.63, 3.8) is 0 Å². The number of ether oxygens (including phenoxy) is 1. The third kappa shape index (κ3) is 3.47. The van der Waals surface area contributed by atoms with Crippen molar-refractivity contribution < 1.29 is 4.74 Å². The lowest BCUT2D eigenvalue weighted by Gasteiger charge is -2.13. The molecule has 1 rings (SSSR count). The first-order chi connectivity index (χ1) is 7.15. The zero-order valence-electron chi connectivity index (χ0n) is 8.66. The van der Waals surface area contributed by atoms with Crippen molar-refractivity contribution in [1.29, 1.82) is 0 Å².